The van der Waals surface area contributed by atoms with Gasteiger partial charge in [0, 0.05) is 5.56 Å². The van der Waals surface area contributed by atoms with Crippen LogP contribution in [0.4, 0.5) is 0 Å². The maximum absolute atomic E-state index is 8.84. The molecule has 0 amide bonds. The Morgan fingerprint density at radius 3 is 2.60 bits per heavy atom. The van der Waals surface area contributed by atoms with Crippen LogP contribution in [-0.4, -0.2) is 17.2 Å². The average molecular weight is 205 g/mol. The smallest absolute Gasteiger partial charge is 0.226 e. The topological polar surface area (TPSA) is 55.5 Å². The van der Waals surface area contributed by atoms with Gasteiger partial charge in [-0.15, -0.1) is 0 Å². The highest BCUT2D eigenvalue weighted by Gasteiger charge is 2.05. The first-order valence-corrected chi connectivity index (χ1v) is 4.53. The average Bonchev–Trinajstić information content (AvgIpc) is 2.78. The number of hydrogen-bond acceptors (Lipinski definition) is 4. The van der Waals surface area contributed by atoms with Crippen molar-refractivity contribution in [2.24, 2.45) is 0 Å². The van der Waals surface area contributed by atoms with E-state index in [9.17, 15) is 0 Å². The Morgan fingerprint density at radius 2 is 2.07 bits per heavy atom. The van der Waals surface area contributed by atoms with Crippen molar-refractivity contribution in [3.8, 4) is 17.2 Å². The lowest BCUT2D eigenvalue weighted by Gasteiger charge is -1.99. The van der Waals surface area contributed by atoms with Gasteiger partial charge in [0.05, 0.1) is 13.7 Å². The van der Waals surface area contributed by atoms with Crippen LogP contribution in [0.5, 0.6) is 5.75 Å². The predicted molar refractivity (Wildman–Crippen MR) is 54.4 cm³/mol. The molecule has 0 unspecified atom stereocenters. The van der Waals surface area contributed by atoms with Crippen molar-refractivity contribution < 1.29 is 14.3 Å². The number of aromatic nitrogens is 1. The van der Waals surface area contributed by atoms with Crippen molar-refractivity contribution in [3.05, 3.63) is 36.2 Å². The van der Waals surface area contributed by atoms with E-state index in [0.29, 0.717) is 11.6 Å². The Balaban J connectivity index is 2.28. The van der Waals surface area contributed by atoms with Crippen LogP contribution in [0.1, 0.15) is 5.69 Å². The molecule has 0 aliphatic heterocycles. The molecule has 1 heterocycles. The highest BCUT2D eigenvalue weighted by atomic mass is 16.5. The van der Waals surface area contributed by atoms with Crippen LogP contribution in [0.3, 0.4) is 0 Å². The standard InChI is InChI=1S/C11H11NO3/c1-14-10-4-2-8(3-5-10)11-12-9(6-13)7-15-11/h2-5,7,13H,6H2,1H3. The van der Waals surface area contributed by atoms with Crippen molar-refractivity contribution in [2.75, 3.05) is 7.11 Å². The van der Waals surface area contributed by atoms with E-state index in [0.717, 1.165) is 11.3 Å². The van der Waals surface area contributed by atoms with Gasteiger partial charge < -0.3 is 14.3 Å². The third-order valence-electron chi connectivity index (χ3n) is 2.05. The van der Waals surface area contributed by atoms with Gasteiger partial charge in [-0.1, -0.05) is 0 Å². The van der Waals surface area contributed by atoms with E-state index in [2.05, 4.69) is 4.98 Å². The van der Waals surface area contributed by atoms with Crippen LogP contribution in [0, 0.1) is 0 Å². The highest BCUT2D eigenvalue weighted by Crippen LogP contribution is 2.21. The van der Waals surface area contributed by atoms with Crippen molar-refractivity contribution >= 4 is 0 Å². The molecule has 0 fully saturated rings. The second kappa shape index (κ2) is 4.14. The number of nitrogens with zero attached hydrogens (tertiary/aromatic N) is 1. The van der Waals surface area contributed by atoms with E-state index in [1.54, 1.807) is 7.11 Å². The first-order chi connectivity index (χ1) is 7.33. The van der Waals surface area contributed by atoms with E-state index in [4.69, 9.17) is 14.3 Å². The van der Waals surface area contributed by atoms with E-state index in [1.807, 2.05) is 24.3 Å². The van der Waals surface area contributed by atoms with Gasteiger partial charge in [0.15, 0.2) is 0 Å². The number of oxazole rings is 1. The molecule has 0 atom stereocenters. The fraction of sp³-hybridized carbons (Fsp3) is 0.182. The van der Waals surface area contributed by atoms with Gasteiger partial charge in [-0.3, -0.25) is 0 Å². The van der Waals surface area contributed by atoms with Crippen molar-refractivity contribution in [1.82, 2.24) is 4.98 Å². The van der Waals surface area contributed by atoms with Crippen LogP contribution in [-0.2, 0) is 6.61 Å². The SMILES string of the molecule is COc1ccc(-c2nc(CO)co2)cc1. The lowest BCUT2D eigenvalue weighted by atomic mass is 10.2. The minimum atomic E-state index is -0.111. The van der Waals surface area contributed by atoms with Gasteiger partial charge in [-0.25, -0.2) is 4.98 Å². The lowest BCUT2D eigenvalue weighted by Crippen LogP contribution is -1.84. The van der Waals surface area contributed by atoms with E-state index < -0.39 is 0 Å². The second-order valence-corrected chi connectivity index (χ2v) is 3.03. The molecule has 15 heavy (non-hydrogen) atoms. The summed E-state index contributed by atoms with van der Waals surface area (Å²) in [5.41, 5.74) is 1.39. The van der Waals surface area contributed by atoms with Crippen LogP contribution in [0.2, 0.25) is 0 Å². The summed E-state index contributed by atoms with van der Waals surface area (Å²) < 4.78 is 10.2. The zero-order valence-corrected chi connectivity index (χ0v) is 8.30. The summed E-state index contributed by atoms with van der Waals surface area (Å²) in [6, 6.07) is 7.37. The Bertz CT molecular complexity index is 433. The van der Waals surface area contributed by atoms with Crippen molar-refractivity contribution in [2.45, 2.75) is 6.61 Å². The number of aliphatic hydroxyl groups is 1. The summed E-state index contributed by atoms with van der Waals surface area (Å²) >= 11 is 0. The van der Waals surface area contributed by atoms with Gasteiger partial charge in [0.1, 0.15) is 17.7 Å². The summed E-state index contributed by atoms with van der Waals surface area (Å²) in [7, 11) is 1.62. The summed E-state index contributed by atoms with van der Waals surface area (Å²) in [6.07, 6.45) is 1.44. The minimum Gasteiger partial charge on any atom is -0.497 e. The molecular weight excluding hydrogens is 194 g/mol. The Morgan fingerprint density at radius 1 is 1.33 bits per heavy atom. The second-order valence-electron chi connectivity index (χ2n) is 3.03. The molecule has 1 N–H and O–H groups in total. The fourth-order valence-electron chi connectivity index (χ4n) is 1.25. The Hall–Kier alpha value is -1.81. The normalized spacial score (nSPS) is 10.3. The molecule has 0 saturated carbocycles. The fourth-order valence-corrected chi connectivity index (χ4v) is 1.25. The lowest BCUT2D eigenvalue weighted by molar-refractivity contribution is 0.276. The number of rotatable bonds is 3. The summed E-state index contributed by atoms with van der Waals surface area (Å²) in [4.78, 5) is 4.10. The molecule has 0 bridgehead atoms. The quantitative estimate of drug-likeness (QED) is 0.830. The Labute approximate surface area is 87.1 Å². The number of ether oxygens (including phenoxy) is 1. The van der Waals surface area contributed by atoms with Gasteiger partial charge >= 0.3 is 0 Å². The maximum Gasteiger partial charge on any atom is 0.226 e. The van der Waals surface area contributed by atoms with E-state index >= 15 is 0 Å². The molecule has 4 nitrogen and oxygen atoms in total. The largest absolute Gasteiger partial charge is 0.497 e. The molecule has 1 aromatic heterocycles. The van der Waals surface area contributed by atoms with Gasteiger partial charge in [-0.2, -0.15) is 0 Å². The summed E-state index contributed by atoms with van der Waals surface area (Å²) in [5, 5.41) is 8.84. The predicted octanol–water partition coefficient (Wildman–Crippen LogP) is 1.84. The first-order valence-electron chi connectivity index (χ1n) is 4.53. The zero-order valence-electron chi connectivity index (χ0n) is 8.30. The zero-order chi connectivity index (χ0) is 10.7. The van der Waals surface area contributed by atoms with Crippen LogP contribution in [0.15, 0.2) is 34.9 Å². The monoisotopic (exact) mass is 205 g/mol. The van der Waals surface area contributed by atoms with Gasteiger partial charge in [0.25, 0.3) is 0 Å². The van der Waals surface area contributed by atoms with Crippen molar-refractivity contribution in [1.29, 1.82) is 0 Å². The third kappa shape index (κ3) is 1.99. The molecule has 0 radical (unpaired) electrons. The molecule has 0 aliphatic carbocycles. The highest BCUT2D eigenvalue weighted by molar-refractivity contribution is 5.54. The molecule has 4 heteroatoms. The van der Waals surface area contributed by atoms with Gasteiger partial charge in [0.2, 0.25) is 5.89 Å². The van der Waals surface area contributed by atoms with Gasteiger partial charge in [-0.05, 0) is 24.3 Å². The molecule has 0 spiro atoms. The molecule has 1 aromatic carbocycles. The number of methoxy groups -OCH3 is 1. The first kappa shape index (κ1) is 9.73. The Kier molecular flexibility index (Phi) is 2.69. The molecule has 78 valence electrons. The molecular formula is C11H11NO3. The van der Waals surface area contributed by atoms with E-state index in [-0.39, 0.29) is 6.61 Å². The third-order valence-corrected chi connectivity index (χ3v) is 2.05. The number of hydrogen-bond donors (Lipinski definition) is 1. The van der Waals surface area contributed by atoms with Crippen LogP contribution >= 0.6 is 0 Å². The molecule has 2 aromatic rings. The van der Waals surface area contributed by atoms with Crippen LogP contribution in [0.25, 0.3) is 11.5 Å². The minimum absolute atomic E-state index is 0.111. The molecule has 0 aliphatic rings. The van der Waals surface area contributed by atoms with E-state index in [1.165, 1.54) is 6.26 Å². The summed E-state index contributed by atoms with van der Waals surface area (Å²) in [5.74, 6) is 1.29. The van der Waals surface area contributed by atoms with Crippen LogP contribution < -0.4 is 4.74 Å². The molecule has 0 saturated heterocycles. The summed E-state index contributed by atoms with van der Waals surface area (Å²) in [6.45, 7) is -0.111. The maximum atomic E-state index is 8.84. The molecule has 2 rings (SSSR count). The van der Waals surface area contributed by atoms with Crippen molar-refractivity contribution in [3.63, 3.8) is 0 Å². The number of benzene rings is 1. The number of aliphatic hydroxyl groups excluding tert-OH is 1.